The standard InChI is InChI=1S/C26H30Cl2N6O2.C24H27Cl2N5O.C21H23Cl2N5O2/c1-17(35)31-6-4-18(5-7-31)26(36)33-10-8-32(9-11-33)25-15-30-24-12-19(14-29)22(16-34(24)25)21-3-2-20(27)13-23(21)28;25-18-5-6-19(21(26)12-18)20-15-31-22(11-17(20)13-27)28-14-23(31)29-7-9-30(10-8-29)24(32)16-3-1-2-4-16;1-30-13-21(29)27-6-4-26(5-7-27)20-11-25-19-8-14(10-24)17(12-28(19)20)16-3-2-15(22)9-18(16)23/h2-3,12-13,15-16,18H,4-11,14,29H2,1H3;5-6,11-12,14-16H,1-4,7-10,13,27H2;2-3,8-9,11-12H,4-7,10,13,24H2,1H3. The number of halogens is 6. The van der Waals surface area contributed by atoms with E-state index in [1.807, 2.05) is 110 Å². The Balaban J connectivity index is 0.000000141. The Bertz CT molecular complexity index is 4390. The van der Waals surface area contributed by atoms with E-state index in [2.05, 4.69) is 44.6 Å². The monoisotopic (exact) mass is 1450 g/mol. The Labute approximate surface area is 599 Å². The molecular weight excluding hydrogens is 1370 g/mol. The minimum absolute atomic E-state index is 0.00399. The second-order valence-corrected chi connectivity index (χ2v) is 27.9. The fourth-order valence-electron chi connectivity index (χ4n) is 14.1. The van der Waals surface area contributed by atoms with Gasteiger partial charge in [-0.25, -0.2) is 15.0 Å². The molecule has 4 saturated heterocycles. The van der Waals surface area contributed by atoms with Gasteiger partial charge in [-0.05, 0) is 97.0 Å². The molecule has 0 bridgehead atoms. The second kappa shape index (κ2) is 31.4. The van der Waals surface area contributed by atoms with Gasteiger partial charge in [0.05, 0.1) is 18.6 Å². The molecule has 6 aromatic heterocycles. The summed E-state index contributed by atoms with van der Waals surface area (Å²) < 4.78 is 11.2. The first-order valence-corrected chi connectivity index (χ1v) is 35.5. The summed E-state index contributed by atoms with van der Waals surface area (Å²) in [6, 6.07) is 22.4. The largest absolute Gasteiger partial charge is 0.375 e. The van der Waals surface area contributed by atoms with Crippen molar-refractivity contribution in [3.63, 3.8) is 0 Å². The number of piperazine rings is 3. The lowest BCUT2D eigenvalue weighted by atomic mass is 9.95. The number of anilines is 3. The topological polar surface area (TPSA) is 230 Å². The number of methoxy groups -OCH3 is 1. The number of amides is 4. The molecule has 21 nitrogen and oxygen atoms in total. The highest BCUT2D eigenvalue weighted by Crippen LogP contribution is 2.39. The molecule has 0 atom stereocenters. The van der Waals surface area contributed by atoms with Gasteiger partial charge in [-0.3, -0.25) is 32.4 Å². The van der Waals surface area contributed by atoms with Crippen LogP contribution in [0.1, 0.15) is 62.1 Å². The number of carbonyl (C=O) groups excluding carboxylic acids is 4. The van der Waals surface area contributed by atoms with Crippen molar-refractivity contribution in [3.05, 3.63) is 157 Å². The number of hydrogen-bond donors (Lipinski definition) is 3. The molecule has 1 aliphatic carbocycles. The third-order valence-electron chi connectivity index (χ3n) is 19.5. The summed E-state index contributed by atoms with van der Waals surface area (Å²) in [6.45, 7) is 12.7. The van der Waals surface area contributed by atoms with Crippen LogP contribution >= 0.6 is 69.6 Å². The highest BCUT2D eigenvalue weighted by atomic mass is 35.5. The fraction of sp³-hybridized carbons (Fsp3) is 0.394. The summed E-state index contributed by atoms with van der Waals surface area (Å²) in [6.07, 6.45) is 17.7. The number of rotatable bonds is 13. The molecule has 14 rings (SSSR count). The highest BCUT2D eigenvalue weighted by Gasteiger charge is 2.34. The Morgan fingerprint density at radius 2 is 0.755 bits per heavy atom. The van der Waals surface area contributed by atoms with Crippen LogP contribution in [0.4, 0.5) is 17.5 Å². The minimum atomic E-state index is 0.00399. The van der Waals surface area contributed by atoms with Crippen LogP contribution in [0.3, 0.4) is 0 Å². The Kier molecular flexibility index (Phi) is 22.6. The molecule has 98 heavy (non-hydrogen) atoms. The smallest absolute Gasteiger partial charge is 0.248 e. The maximum atomic E-state index is 13.1. The number of piperidine rings is 1. The number of ether oxygens (including phenoxy) is 1. The zero-order chi connectivity index (χ0) is 68.9. The van der Waals surface area contributed by atoms with Gasteiger partial charge in [0, 0.05) is 219 Å². The van der Waals surface area contributed by atoms with Crippen LogP contribution in [0.15, 0.2) is 110 Å². The molecule has 4 aliphatic heterocycles. The number of imidazole rings is 3. The van der Waals surface area contributed by atoms with Crippen molar-refractivity contribution >= 4 is 128 Å². The van der Waals surface area contributed by atoms with E-state index >= 15 is 0 Å². The zero-order valence-electron chi connectivity index (χ0n) is 54.9. The first kappa shape index (κ1) is 70.5. The minimum Gasteiger partial charge on any atom is -0.375 e. The van der Waals surface area contributed by atoms with Gasteiger partial charge in [0.1, 0.15) is 41.0 Å². The van der Waals surface area contributed by atoms with Crippen molar-refractivity contribution in [2.24, 2.45) is 29.0 Å². The molecule has 4 amide bonds. The number of hydrogen-bond acceptors (Lipinski definition) is 14. The van der Waals surface area contributed by atoms with Crippen LogP contribution in [0.25, 0.3) is 50.3 Å². The van der Waals surface area contributed by atoms with Crippen molar-refractivity contribution in [1.82, 2.24) is 47.8 Å². The predicted molar refractivity (Wildman–Crippen MR) is 391 cm³/mol. The number of likely N-dealkylation sites (tertiary alicyclic amines) is 1. The van der Waals surface area contributed by atoms with E-state index in [0.29, 0.717) is 94.9 Å². The van der Waals surface area contributed by atoms with E-state index in [0.717, 1.165) is 163 Å². The van der Waals surface area contributed by atoms with Gasteiger partial charge in [-0.1, -0.05) is 101 Å². The van der Waals surface area contributed by atoms with E-state index < -0.39 is 0 Å². The molecule has 27 heteroatoms. The molecule has 0 spiro atoms. The van der Waals surface area contributed by atoms with Gasteiger partial charge < -0.3 is 56.2 Å². The number of nitrogens with zero attached hydrogens (tertiary/aromatic N) is 13. The van der Waals surface area contributed by atoms with Gasteiger partial charge in [0.15, 0.2) is 0 Å². The van der Waals surface area contributed by atoms with Crippen molar-refractivity contribution in [2.75, 3.05) is 120 Å². The molecule has 6 N–H and O–H groups in total. The average Bonchev–Trinajstić information content (AvgIpc) is 1.53. The molecule has 10 heterocycles. The quantitative estimate of drug-likeness (QED) is 0.0975. The van der Waals surface area contributed by atoms with E-state index in [-0.39, 0.29) is 36.2 Å². The molecule has 1 saturated carbocycles. The van der Waals surface area contributed by atoms with Crippen LogP contribution in [0.5, 0.6) is 0 Å². The lowest BCUT2D eigenvalue weighted by Gasteiger charge is -2.39. The summed E-state index contributed by atoms with van der Waals surface area (Å²) in [5.74, 6) is 3.85. The normalized spacial score (nSPS) is 16.5. The number of benzene rings is 3. The number of aromatic nitrogens is 6. The van der Waals surface area contributed by atoms with Gasteiger partial charge in [0.25, 0.3) is 0 Å². The molecule has 5 fully saturated rings. The van der Waals surface area contributed by atoms with E-state index in [9.17, 15) is 19.2 Å². The van der Waals surface area contributed by atoms with Gasteiger partial charge in [-0.15, -0.1) is 0 Å². The highest BCUT2D eigenvalue weighted by molar-refractivity contribution is 6.37. The summed E-state index contributed by atoms with van der Waals surface area (Å²) in [4.78, 5) is 77.8. The van der Waals surface area contributed by atoms with E-state index in [4.69, 9.17) is 91.5 Å². The first-order valence-electron chi connectivity index (χ1n) is 33.2. The van der Waals surface area contributed by atoms with Crippen molar-refractivity contribution in [1.29, 1.82) is 0 Å². The molecule has 9 aromatic rings. The number of fused-ring (bicyclic) bond motifs is 3. The van der Waals surface area contributed by atoms with E-state index in [1.54, 1.807) is 25.1 Å². The summed E-state index contributed by atoms with van der Waals surface area (Å²) in [5, 5.41) is 3.50. The van der Waals surface area contributed by atoms with E-state index in [1.165, 1.54) is 20.0 Å². The fourth-order valence-corrected chi connectivity index (χ4v) is 15.6. The molecule has 0 unspecified atom stereocenters. The lowest BCUT2D eigenvalue weighted by Crippen LogP contribution is -2.52. The van der Waals surface area contributed by atoms with Crippen molar-refractivity contribution in [3.8, 4) is 33.4 Å². The number of nitrogens with two attached hydrogens (primary N) is 3. The second-order valence-electron chi connectivity index (χ2n) is 25.3. The van der Waals surface area contributed by atoms with Crippen molar-refractivity contribution < 1.29 is 23.9 Å². The van der Waals surface area contributed by atoms with Gasteiger partial charge in [-0.2, -0.15) is 0 Å². The Morgan fingerprint density at radius 1 is 0.429 bits per heavy atom. The summed E-state index contributed by atoms with van der Waals surface area (Å²) in [7, 11) is 1.53. The third-order valence-corrected chi connectivity index (χ3v) is 21.2. The first-order chi connectivity index (χ1) is 47.4. The van der Waals surface area contributed by atoms with Gasteiger partial charge in [0.2, 0.25) is 23.6 Å². The summed E-state index contributed by atoms with van der Waals surface area (Å²) in [5.41, 5.74) is 29.0. The Morgan fingerprint density at radius 3 is 1.06 bits per heavy atom. The van der Waals surface area contributed by atoms with Crippen LogP contribution in [-0.2, 0) is 43.5 Å². The van der Waals surface area contributed by atoms with Crippen LogP contribution in [-0.4, -0.2) is 177 Å². The Hall–Kier alpha value is -7.41. The SMILES string of the molecule is CC(=O)N1CCC(C(=O)N2CCN(c3cnc4cc(CN)c(-c5ccc(Cl)cc5Cl)cn34)CC2)CC1.COCC(=O)N1CCN(c2cnc3cc(CN)c(-c4ccc(Cl)cc4Cl)cn23)CC1.NCc1cc2ncc(N3CCN(C(=O)C4CCCC4)CC3)n2cc1-c1ccc(Cl)cc1Cl. The van der Waals surface area contributed by atoms with Crippen LogP contribution in [0, 0.1) is 11.8 Å². The molecule has 3 aromatic carbocycles. The average molecular weight is 1450 g/mol. The molecule has 5 aliphatic rings. The predicted octanol–water partition coefficient (Wildman–Crippen LogP) is 11.3. The van der Waals surface area contributed by atoms with Gasteiger partial charge >= 0.3 is 0 Å². The van der Waals surface area contributed by atoms with Crippen LogP contribution in [0.2, 0.25) is 30.1 Å². The van der Waals surface area contributed by atoms with Crippen molar-refractivity contribution in [2.45, 2.75) is 65.1 Å². The maximum Gasteiger partial charge on any atom is 0.248 e. The summed E-state index contributed by atoms with van der Waals surface area (Å²) >= 11 is 37.8. The number of carbonyl (C=O) groups is 4. The zero-order valence-corrected chi connectivity index (χ0v) is 59.4. The maximum absolute atomic E-state index is 13.1. The molecular formula is C71H80Cl6N16O5. The lowest BCUT2D eigenvalue weighted by molar-refractivity contribution is -0.140. The number of pyridine rings is 3. The third kappa shape index (κ3) is 15.3. The van der Waals surface area contributed by atoms with Crippen LogP contribution < -0.4 is 31.9 Å². The molecule has 0 radical (unpaired) electrons. The molecule has 516 valence electrons.